The topological polar surface area (TPSA) is 78.6 Å². The monoisotopic (exact) mass is 295 g/mol. The molecule has 1 aliphatic heterocycles. The first-order valence-corrected chi connectivity index (χ1v) is 7.15. The normalized spacial score (nSPS) is 18.4. The minimum atomic E-state index is -0.594. The van der Waals surface area contributed by atoms with E-state index in [0.717, 1.165) is 13.1 Å². The molecule has 5 nitrogen and oxygen atoms in total. The largest absolute Gasteiger partial charge is 0.399 e. The van der Waals surface area contributed by atoms with Crippen molar-refractivity contribution in [1.29, 1.82) is 0 Å². The number of amides is 1. The van der Waals surface area contributed by atoms with Crippen LogP contribution >= 0.6 is 0 Å². The number of anilines is 2. The van der Waals surface area contributed by atoms with E-state index in [0.29, 0.717) is 25.1 Å². The molecule has 0 saturated carbocycles. The van der Waals surface area contributed by atoms with Gasteiger partial charge in [-0.05, 0) is 38.0 Å². The van der Waals surface area contributed by atoms with E-state index in [1.165, 1.54) is 18.2 Å². The molecule has 6 heteroatoms. The molecule has 0 aliphatic carbocycles. The Balaban J connectivity index is 1.79. The fourth-order valence-corrected chi connectivity index (χ4v) is 2.37. The standard InChI is InChI=1S/C15H22FN3O2/c1-15(21)5-8-19(9-6-15)7-4-14(20)18-13-10-11(17)2-3-12(13)16/h2-3,10,21H,4-9,17H2,1H3,(H,18,20). The van der Waals surface area contributed by atoms with Crippen molar-refractivity contribution in [2.75, 3.05) is 30.7 Å². The van der Waals surface area contributed by atoms with Crippen LogP contribution in [-0.4, -0.2) is 41.1 Å². The first kappa shape index (κ1) is 15.7. The summed E-state index contributed by atoms with van der Waals surface area (Å²) in [6, 6.07) is 4.09. The SMILES string of the molecule is CC1(O)CCN(CCC(=O)Nc2cc(N)ccc2F)CC1. The minimum absolute atomic E-state index is 0.113. The molecule has 1 aliphatic rings. The first-order chi connectivity index (χ1) is 9.85. The third-order valence-electron chi connectivity index (χ3n) is 3.85. The van der Waals surface area contributed by atoms with Crippen molar-refractivity contribution in [2.24, 2.45) is 0 Å². The van der Waals surface area contributed by atoms with Gasteiger partial charge in [0, 0.05) is 31.7 Å². The van der Waals surface area contributed by atoms with Crippen molar-refractivity contribution in [1.82, 2.24) is 4.90 Å². The fourth-order valence-electron chi connectivity index (χ4n) is 2.37. The van der Waals surface area contributed by atoms with Gasteiger partial charge >= 0.3 is 0 Å². The number of carbonyl (C=O) groups is 1. The molecule has 4 N–H and O–H groups in total. The number of rotatable bonds is 4. The maximum absolute atomic E-state index is 13.5. The lowest BCUT2D eigenvalue weighted by atomic mass is 9.94. The predicted molar refractivity (Wildman–Crippen MR) is 80.4 cm³/mol. The number of nitrogens with two attached hydrogens (primary N) is 1. The summed E-state index contributed by atoms with van der Waals surface area (Å²) in [4.78, 5) is 14.0. The molecule has 0 atom stereocenters. The van der Waals surface area contributed by atoms with Gasteiger partial charge in [-0.25, -0.2) is 4.39 Å². The minimum Gasteiger partial charge on any atom is -0.399 e. The van der Waals surface area contributed by atoms with Gasteiger partial charge in [0.25, 0.3) is 0 Å². The molecule has 21 heavy (non-hydrogen) atoms. The highest BCUT2D eigenvalue weighted by Crippen LogP contribution is 2.21. The zero-order chi connectivity index (χ0) is 15.5. The van der Waals surface area contributed by atoms with E-state index in [4.69, 9.17) is 5.73 Å². The number of hydrogen-bond donors (Lipinski definition) is 3. The van der Waals surface area contributed by atoms with Crippen LogP contribution in [0.25, 0.3) is 0 Å². The first-order valence-electron chi connectivity index (χ1n) is 7.15. The Kier molecular flexibility index (Phi) is 4.80. The van der Waals surface area contributed by atoms with Gasteiger partial charge in [-0.1, -0.05) is 0 Å². The van der Waals surface area contributed by atoms with Crippen LogP contribution < -0.4 is 11.1 Å². The van der Waals surface area contributed by atoms with Crippen molar-refractivity contribution < 1.29 is 14.3 Å². The van der Waals surface area contributed by atoms with Gasteiger partial charge < -0.3 is 21.1 Å². The van der Waals surface area contributed by atoms with E-state index in [-0.39, 0.29) is 18.0 Å². The quantitative estimate of drug-likeness (QED) is 0.737. The van der Waals surface area contributed by atoms with E-state index in [9.17, 15) is 14.3 Å². The van der Waals surface area contributed by atoms with Gasteiger partial charge in [-0.2, -0.15) is 0 Å². The van der Waals surface area contributed by atoms with Crippen molar-refractivity contribution in [3.8, 4) is 0 Å². The summed E-state index contributed by atoms with van der Waals surface area (Å²) in [6.45, 7) is 3.98. The molecule has 0 unspecified atom stereocenters. The number of piperidine rings is 1. The summed E-state index contributed by atoms with van der Waals surface area (Å²) in [7, 11) is 0. The zero-order valence-electron chi connectivity index (χ0n) is 12.2. The Hall–Kier alpha value is -1.66. The molecule has 0 radical (unpaired) electrons. The van der Waals surface area contributed by atoms with Gasteiger partial charge in [-0.15, -0.1) is 0 Å². The molecule has 0 spiro atoms. The summed E-state index contributed by atoms with van der Waals surface area (Å²) < 4.78 is 13.5. The molecule has 0 aromatic heterocycles. The van der Waals surface area contributed by atoms with E-state index < -0.39 is 11.4 Å². The number of benzene rings is 1. The maximum atomic E-state index is 13.5. The van der Waals surface area contributed by atoms with Crippen LogP contribution in [-0.2, 0) is 4.79 Å². The smallest absolute Gasteiger partial charge is 0.225 e. The average Bonchev–Trinajstić information content (AvgIpc) is 2.42. The Morgan fingerprint density at radius 2 is 2.14 bits per heavy atom. The number of likely N-dealkylation sites (tertiary alicyclic amines) is 1. The van der Waals surface area contributed by atoms with Crippen LogP contribution in [0.5, 0.6) is 0 Å². The van der Waals surface area contributed by atoms with Gasteiger partial charge in [-0.3, -0.25) is 4.79 Å². The summed E-state index contributed by atoms with van der Waals surface area (Å²) in [5.41, 5.74) is 5.50. The van der Waals surface area contributed by atoms with Crippen molar-refractivity contribution in [3.63, 3.8) is 0 Å². The van der Waals surface area contributed by atoms with Crippen LogP contribution in [0, 0.1) is 5.82 Å². The zero-order valence-corrected chi connectivity index (χ0v) is 12.2. The Bertz CT molecular complexity index is 510. The van der Waals surface area contributed by atoms with E-state index in [2.05, 4.69) is 10.2 Å². The summed E-state index contributed by atoms with van der Waals surface area (Å²) in [5.74, 6) is -0.733. The lowest BCUT2D eigenvalue weighted by Crippen LogP contribution is -2.43. The molecule has 1 fully saturated rings. The molecule has 1 aromatic carbocycles. The van der Waals surface area contributed by atoms with Gasteiger partial charge in [0.2, 0.25) is 5.91 Å². The van der Waals surface area contributed by atoms with Gasteiger partial charge in [0.05, 0.1) is 11.3 Å². The van der Waals surface area contributed by atoms with E-state index in [1.54, 1.807) is 0 Å². The van der Waals surface area contributed by atoms with Crippen LogP contribution in [0.2, 0.25) is 0 Å². The number of nitrogen functional groups attached to an aromatic ring is 1. The number of carbonyl (C=O) groups excluding carboxylic acids is 1. The van der Waals surface area contributed by atoms with Crippen LogP contribution in [0.15, 0.2) is 18.2 Å². The van der Waals surface area contributed by atoms with E-state index >= 15 is 0 Å². The number of nitrogens with one attached hydrogen (secondary N) is 1. The van der Waals surface area contributed by atoms with Crippen molar-refractivity contribution in [3.05, 3.63) is 24.0 Å². The van der Waals surface area contributed by atoms with Crippen molar-refractivity contribution in [2.45, 2.75) is 31.8 Å². The van der Waals surface area contributed by atoms with Crippen LogP contribution in [0.1, 0.15) is 26.2 Å². The molecule has 1 heterocycles. The van der Waals surface area contributed by atoms with Gasteiger partial charge in [0.1, 0.15) is 5.82 Å². The summed E-state index contributed by atoms with van der Waals surface area (Å²) >= 11 is 0. The second-order valence-corrected chi connectivity index (χ2v) is 5.88. The molecule has 0 bridgehead atoms. The number of aliphatic hydroxyl groups is 1. The fraction of sp³-hybridized carbons (Fsp3) is 0.533. The third-order valence-corrected chi connectivity index (χ3v) is 3.85. The molecule has 1 saturated heterocycles. The highest BCUT2D eigenvalue weighted by Gasteiger charge is 2.27. The highest BCUT2D eigenvalue weighted by molar-refractivity contribution is 5.91. The lowest BCUT2D eigenvalue weighted by Gasteiger charge is -2.35. The second kappa shape index (κ2) is 6.41. The van der Waals surface area contributed by atoms with Crippen LogP contribution in [0.3, 0.4) is 0 Å². The average molecular weight is 295 g/mol. The maximum Gasteiger partial charge on any atom is 0.225 e. The predicted octanol–water partition coefficient (Wildman–Crippen LogP) is 1.58. The summed E-state index contributed by atoms with van der Waals surface area (Å²) in [5, 5.41) is 12.4. The summed E-state index contributed by atoms with van der Waals surface area (Å²) in [6.07, 6.45) is 1.70. The molecule has 116 valence electrons. The number of hydrogen-bond acceptors (Lipinski definition) is 4. The molecule has 2 rings (SSSR count). The Labute approximate surface area is 123 Å². The molecule has 1 amide bonds. The molecule has 1 aromatic rings. The number of halogens is 1. The van der Waals surface area contributed by atoms with Gasteiger partial charge in [0.15, 0.2) is 0 Å². The second-order valence-electron chi connectivity index (χ2n) is 5.88. The molecular formula is C15H22FN3O2. The Morgan fingerprint density at radius 1 is 1.48 bits per heavy atom. The van der Waals surface area contributed by atoms with Crippen molar-refractivity contribution >= 4 is 17.3 Å². The van der Waals surface area contributed by atoms with Crippen LogP contribution in [0.4, 0.5) is 15.8 Å². The third kappa shape index (κ3) is 4.68. The molecular weight excluding hydrogens is 273 g/mol. The van der Waals surface area contributed by atoms with E-state index in [1.807, 2.05) is 6.92 Å². The number of nitrogens with zero attached hydrogens (tertiary/aromatic N) is 1. The Morgan fingerprint density at radius 3 is 2.81 bits per heavy atom. The highest BCUT2D eigenvalue weighted by atomic mass is 19.1. The lowest BCUT2D eigenvalue weighted by molar-refractivity contribution is -0.116.